The Bertz CT molecular complexity index is 963. The highest BCUT2D eigenvalue weighted by atomic mass is 16.7. The van der Waals surface area contributed by atoms with Crippen molar-refractivity contribution >= 4 is 11.8 Å². The van der Waals surface area contributed by atoms with Gasteiger partial charge >= 0.3 is 5.97 Å². The van der Waals surface area contributed by atoms with Crippen molar-refractivity contribution < 1.29 is 23.8 Å². The van der Waals surface area contributed by atoms with E-state index in [1.54, 1.807) is 18.2 Å². The van der Waals surface area contributed by atoms with E-state index in [4.69, 9.17) is 14.2 Å². The minimum atomic E-state index is -0.488. The Labute approximate surface area is 202 Å². The molecular weight excluding hydrogens is 428 g/mol. The number of benzene rings is 1. The fourth-order valence-corrected chi connectivity index (χ4v) is 6.43. The van der Waals surface area contributed by atoms with Gasteiger partial charge < -0.3 is 14.2 Å². The number of ether oxygens (including phenoxy) is 3. The first-order valence-corrected chi connectivity index (χ1v) is 12.8. The van der Waals surface area contributed by atoms with Crippen molar-refractivity contribution in [1.82, 2.24) is 0 Å². The van der Waals surface area contributed by atoms with E-state index in [9.17, 15) is 9.59 Å². The SMILES string of the molecule is CC(C)=CCC1(C(=O)C=C[C@@H]2[C@H]3CC4(C[C@H]3C[C@H]2OC(=O)c2ccccc2)OCCO4)CCC1. The molecule has 0 unspecified atom stereocenters. The molecule has 0 aromatic heterocycles. The molecule has 182 valence electrons. The smallest absolute Gasteiger partial charge is 0.338 e. The Kier molecular flexibility index (Phi) is 6.51. The van der Waals surface area contributed by atoms with Gasteiger partial charge in [-0.15, -0.1) is 0 Å². The molecule has 1 aromatic rings. The Balaban J connectivity index is 1.34. The molecule has 0 amide bonds. The van der Waals surface area contributed by atoms with Crippen LogP contribution in [0.4, 0.5) is 0 Å². The molecule has 0 bridgehead atoms. The van der Waals surface area contributed by atoms with Gasteiger partial charge in [0.25, 0.3) is 0 Å². The molecule has 1 aromatic carbocycles. The molecule has 0 N–H and O–H groups in total. The van der Waals surface area contributed by atoms with Crippen molar-refractivity contribution in [1.29, 1.82) is 0 Å². The van der Waals surface area contributed by atoms with Gasteiger partial charge in [-0.05, 0) is 69.6 Å². The van der Waals surface area contributed by atoms with E-state index >= 15 is 0 Å². The largest absolute Gasteiger partial charge is 0.458 e. The van der Waals surface area contributed by atoms with Gasteiger partial charge in [-0.25, -0.2) is 4.79 Å². The van der Waals surface area contributed by atoms with Crippen LogP contribution in [0.5, 0.6) is 0 Å². The molecule has 0 radical (unpaired) electrons. The van der Waals surface area contributed by atoms with Crippen LogP contribution >= 0.6 is 0 Å². The lowest BCUT2D eigenvalue weighted by Crippen LogP contribution is -2.37. The number of carbonyl (C=O) groups excluding carboxylic acids is 2. The summed E-state index contributed by atoms with van der Waals surface area (Å²) in [6.07, 6.45) is 12.0. The second-order valence-corrected chi connectivity index (χ2v) is 10.9. The number of hydrogen-bond acceptors (Lipinski definition) is 5. The van der Waals surface area contributed by atoms with E-state index in [-0.39, 0.29) is 35.1 Å². The van der Waals surface area contributed by atoms with Crippen molar-refractivity contribution in [3.05, 3.63) is 59.7 Å². The minimum Gasteiger partial charge on any atom is -0.458 e. The third-order valence-corrected chi connectivity index (χ3v) is 8.47. The minimum absolute atomic E-state index is 0.00522. The monoisotopic (exact) mass is 464 g/mol. The molecule has 4 aliphatic rings. The van der Waals surface area contributed by atoms with Gasteiger partial charge in [0.15, 0.2) is 11.6 Å². The molecule has 5 heteroatoms. The molecule has 5 nitrogen and oxygen atoms in total. The summed E-state index contributed by atoms with van der Waals surface area (Å²) in [5.41, 5.74) is 1.56. The van der Waals surface area contributed by atoms with Gasteiger partial charge in [-0.3, -0.25) is 4.79 Å². The van der Waals surface area contributed by atoms with Gasteiger partial charge in [0.05, 0.1) is 18.8 Å². The van der Waals surface area contributed by atoms with Crippen molar-refractivity contribution in [2.75, 3.05) is 13.2 Å². The highest BCUT2D eigenvalue weighted by molar-refractivity contribution is 5.95. The van der Waals surface area contributed by atoms with Crippen molar-refractivity contribution in [3.63, 3.8) is 0 Å². The van der Waals surface area contributed by atoms with Crippen LogP contribution < -0.4 is 0 Å². The topological polar surface area (TPSA) is 61.8 Å². The lowest BCUT2D eigenvalue weighted by atomic mass is 9.63. The average Bonchev–Trinajstić information content (AvgIpc) is 3.47. The summed E-state index contributed by atoms with van der Waals surface area (Å²) in [5.74, 6) is 0.0738. The first-order chi connectivity index (χ1) is 16.4. The number of rotatable bonds is 7. The van der Waals surface area contributed by atoms with Gasteiger partial charge in [0.2, 0.25) is 0 Å². The second-order valence-electron chi connectivity index (χ2n) is 10.9. The molecule has 4 fully saturated rings. The Morgan fingerprint density at radius 1 is 1.09 bits per heavy atom. The Morgan fingerprint density at radius 2 is 1.82 bits per heavy atom. The van der Waals surface area contributed by atoms with E-state index in [2.05, 4.69) is 19.9 Å². The van der Waals surface area contributed by atoms with Gasteiger partial charge in [-0.2, -0.15) is 0 Å². The average molecular weight is 465 g/mol. The summed E-state index contributed by atoms with van der Waals surface area (Å²) >= 11 is 0. The quantitative estimate of drug-likeness (QED) is 0.296. The highest BCUT2D eigenvalue weighted by Crippen LogP contribution is 2.55. The Morgan fingerprint density at radius 3 is 2.47 bits per heavy atom. The number of esters is 1. The summed E-state index contributed by atoms with van der Waals surface area (Å²) in [7, 11) is 0. The molecule has 34 heavy (non-hydrogen) atoms. The standard InChI is InChI=1S/C29H36O5/c1-20(2)11-14-28(12-6-13-28)26(30)10-9-23-24-19-29(32-15-16-33-29)18-22(24)17-25(23)34-27(31)21-7-4-3-5-8-21/h3-5,7-11,22-25H,6,12-19H2,1-2H3/t22-,23-,24+,25-/m1/s1. The van der Waals surface area contributed by atoms with E-state index in [0.29, 0.717) is 24.7 Å². The molecule has 1 saturated heterocycles. The van der Waals surface area contributed by atoms with Gasteiger partial charge in [-0.1, -0.05) is 42.3 Å². The molecule has 4 atom stereocenters. The van der Waals surface area contributed by atoms with Crippen molar-refractivity contribution in [2.24, 2.45) is 23.2 Å². The van der Waals surface area contributed by atoms with Crippen LogP contribution in [0.25, 0.3) is 0 Å². The zero-order valence-corrected chi connectivity index (χ0v) is 20.3. The maximum Gasteiger partial charge on any atom is 0.338 e. The molecule has 5 rings (SSSR count). The molecule has 3 saturated carbocycles. The molecule has 1 spiro atoms. The molecule has 1 aliphatic heterocycles. The van der Waals surface area contributed by atoms with Crippen LogP contribution in [0.2, 0.25) is 0 Å². The number of ketones is 1. The number of hydrogen-bond donors (Lipinski definition) is 0. The second kappa shape index (κ2) is 9.43. The normalized spacial score (nSPS) is 30.8. The summed E-state index contributed by atoms with van der Waals surface area (Å²) in [4.78, 5) is 26.2. The van der Waals surface area contributed by atoms with E-state index in [1.807, 2.05) is 24.3 Å². The molecular formula is C29H36O5. The van der Waals surface area contributed by atoms with E-state index < -0.39 is 5.79 Å². The zero-order valence-electron chi connectivity index (χ0n) is 20.3. The van der Waals surface area contributed by atoms with Crippen molar-refractivity contribution in [2.45, 2.75) is 70.7 Å². The first kappa shape index (κ1) is 23.5. The summed E-state index contributed by atoms with van der Waals surface area (Å²) in [6.45, 7) is 5.44. The third kappa shape index (κ3) is 4.52. The van der Waals surface area contributed by atoms with Gasteiger partial charge in [0, 0.05) is 24.2 Å². The molecule has 1 heterocycles. The maximum atomic E-state index is 13.3. The molecule has 3 aliphatic carbocycles. The number of fused-ring (bicyclic) bond motifs is 1. The summed E-state index contributed by atoms with van der Waals surface area (Å²) < 4.78 is 18.1. The predicted molar refractivity (Wildman–Crippen MR) is 129 cm³/mol. The highest BCUT2D eigenvalue weighted by Gasteiger charge is 2.57. The van der Waals surface area contributed by atoms with Crippen LogP contribution in [0, 0.1) is 23.2 Å². The van der Waals surface area contributed by atoms with Crippen LogP contribution in [0.3, 0.4) is 0 Å². The Hall–Kier alpha value is -2.24. The number of allylic oxidation sites excluding steroid dienone is 3. The van der Waals surface area contributed by atoms with Crippen LogP contribution in [-0.2, 0) is 19.0 Å². The predicted octanol–water partition coefficient (Wildman–Crippen LogP) is 5.65. The third-order valence-electron chi connectivity index (χ3n) is 8.47. The maximum absolute atomic E-state index is 13.3. The fourth-order valence-electron chi connectivity index (χ4n) is 6.43. The van der Waals surface area contributed by atoms with E-state index in [1.165, 1.54) is 5.57 Å². The van der Waals surface area contributed by atoms with Crippen LogP contribution in [0.1, 0.15) is 69.2 Å². The summed E-state index contributed by atoms with van der Waals surface area (Å²) in [6, 6.07) is 9.15. The lowest BCUT2D eigenvalue weighted by molar-refractivity contribution is -0.157. The number of carbonyl (C=O) groups is 2. The summed E-state index contributed by atoms with van der Waals surface area (Å²) in [5, 5.41) is 0. The first-order valence-electron chi connectivity index (χ1n) is 12.8. The zero-order chi connectivity index (χ0) is 23.8. The van der Waals surface area contributed by atoms with Crippen molar-refractivity contribution in [3.8, 4) is 0 Å². The van der Waals surface area contributed by atoms with Crippen LogP contribution in [-0.4, -0.2) is 36.9 Å². The fraction of sp³-hybridized carbons (Fsp3) is 0.586. The lowest BCUT2D eigenvalue weighted by Gasteiger charge is -2.39. The van der Waals surface area contributed by atoms with Crippen LogP contribution in [0.15, 0.2) is 54.1 Å². The van der Waals surface area contributed by atoms with E-state index in [0.717, 1.165) is 44.9 Å². The van der Waals surface area contributed by atoms with Gasteiger partial charge in [0.1, 0.15) is 6.10 Å².